The number of likely N-dealkylation sites (N-methyl/N-ethyl adjacent to an activating group) is 1. The topological polar surface area (TPSA) is 75.3 Å². The smallest absolute Gasteiger partial charge is 0.338 e. The Kier molecular flexibility index (Phi) is 4.93. The quantitative estimate of drug-likeness (QED) is 0.695. The molecule has 3 unspecified atom stereocenters. The van der Waals surface area contributed by atoms with E-state index in [-0.39, 0.29) is 11.8 Å². The molecule has 2 heterocycles. The van der Waals surface area contributed by atoms with Crippen molar-refractivity contribution in [2.75, 3.05) is 13.6 Å². The fourth-order valence-corrected chi connectivity index (χ4v) is 3.78. The molecule has 1 aliphatic rings. The molecule has 1 N–H and O–H groups in total. The van der Waals surface area contributed by atoms with Gasteiger partial charge in [-0.05, 0) is 17.7 Å². The molecule has 142 valence electrons. The van der Waals surface area contributed by atoms with E-state index in [1.807, 2.05) is 36.4 Å². The van der Waals surface area contributed by atoms with E-state index in [9.17, 15) is 9.59 Å². The fourth-order valence-electron chi connectivity index (χ4n) is 3.78. The number of hydrogen-bond donors (Lipinski definition) is 1. The molecule has 28 heavy (non-hydrogen) atoms. The highest BCUT2D eigenvalue weighted by molar-refractivity contribution is 5.90. The summed E-state index contributed by atoms with van der Waals surface area (Å²) in [5, 5.41) is 0. The highest BCUT2D eigenvalue weighted by Gasteiger charge is 2.47. The molecule has 6 nitrogen and oxygen atoms in total. The van der Waals surface area contributed by atoms with Gasteiger partial charge in [0.25, 0.3) is 0 Å². The molecule has 0 aliphatic carbocycles. The maximum Gasteiger partial charge on any atom is 0.338 e. The number of likely N-dealkylation sites (tertiary alicyclic amines) is 1. The lowest BCUT2D eigenvalue weighted by Gasteiger charge is -2.26. The molecule has 3 atom stereocenters. The number of carbonyl (C=O) groups excluding carboxylic acids is 2. The van der Waals surface area contributed by atoms with Gasteiger partial charge in [0.2, 0.25) is 5.91 Å². The number of amides is 1. The Morgan fingerprint density at radius 3 is 2.46 bits per heavy atom. The molecule has 1 aromatic heterocycles. The van der Waals surface area contributed by atoms with Crippen molar-refractivity contribution < 1.29 is 14.3 Å². The van der Waals surface area contributed by atoms with Crippen LogP contribution < -0.4 is 0 Å². The summed E-state index contributed by atoms with van der Waals surface area (Å²) in [5.74, 6) is -1.16. The van der Waals surface area contributed by atoms with Gasteiger partial charge in [-0.1, -0.05) is 48.5 Å². The highest BCUT2D eigenvalue weighted by atomic mass is 16.5. The molecule has 3 aromatic rings. The molecule has 1 aliphatic heterocycles. The third kappa shape index (κ3) is 3.41. The second kappa shape index (κ2) is 7.68. The molecule has 1 amide bonds. The van der Waals surface area contributed by atoms with Crippen LogP contribution in [0.3, 0.4) is 0 Å². The average molecular weight is 375 g/mol. The molecule has 1 fully saturated rings. The van der Waals surface area contributed by atoms with Crippen LogP contribution >= 0.6 is 0 Å². The number of H-pyrrole nitrogens is 1. The van der Waals surface area contributed by atoms with Crippen molar-refractivity contribution in [3.63, 3.8) is 0 Å². The van der Waals surface area contributed by atoms with Crippen LogP contribution in [0.4, 0.5) is 0 Å². The van der Waals surface area contributed by atoms with E-state index in [2.05, 4.69) is 9.97 Å². The predicted molar refractivity (Wildman–Crippen MR) is 103 cm³/mol. The van der Waals surface area contributed by atoms with E-state index in [4.69, 9.17) is 4.74 Å². The Labute approximate surface area is 163 Å². The standard InChI is InChI=1S/C22H21N3O3/c1-25-13-17(18-12-23-14-24-18)19(21(25)26)20(15-8-4-2-5-9-15)28-22(27)16-10-6-3-7-11-16/h2-12,14,17,19-20H,13H2,1H3,(H,23,24). The summed E-state index contributed by atoms with van der Waals surface area (Å²) in [5.41, 5.74) is 2.12. The number of aromatic amines is 1. The summed E-state index contributed by atoms with van der Waals surface area (Å²) in [6.07, 6.45) is 2.63. The van der Waals surface area contributed by atoms with E-state index in [1.54, 1.807) is 48.7 Å². The van der Waals surface area contributed by atoms with Crippen LogP contribution in [0.5, 0.6) is 0 Å². The first kappa shape index (κ1) is 18.0. The fraction of sp³-hybridized carbons (Fsp3) is 0.227. The summed E-state index contributed by atoms with van der Waals surface area (Å²) >= 11 is 0. The third-order valence-electron chi connectivity index (χ3n) is 5.18. The zero-order valence-corrected chi connectivity index (χ0v) is 15.5. The van der Waals surface area contributed by atoms with Crippen molar-refractivity contribution in [2.24, 2.45) is 5.92 Å². The number of benzene rings is 2. The minimum Gasteiger partial charge on any atom is -0.453 e. The molecule has 0 radical (unpaired) electrons. The lowest BCUT2D eigenvalue weighted by Crippen LogP contribution is -2.30. The van der Waals surface area contributed by atoms with Gasteiger partial charge >= 0.3 is 5.97 Å². The Morgan fingerprint density at radius 2 is 1.82 bits per heavy atom. The van der Waals surface area contributed by atoms with E-state index in [0.29, 0.717) is 12.1 Å². The van der Waals surface area contributed by atoms with Gasteiger partial charge in [-0.25, -0.2) is 9.78 Å². The molecule has 2 aromatic carbocycles. The largest absolute Gasteiger partial charge is 0.453 e. The van der Waals surface area contributed by atoms with E-state index >= 15 is 0 Å². The van der Waals surface area contributed by atoms with Crippen LogP contribution in [0.2, 0.25) is 0 Å². The van der Waals surface area contributed by atoms with Crippen LogP contribution in [-0.4, -0.2) is 40.3 Å². The Hall–Kier alpha value is -3.41. The number of nitrogens with zero attached hydrogens (tertiary/aromatic N) is 2. The van der Waals surface area contributed by atoms with Crippen molar-refractivity contribution in [3.8, 4) is 0 Å². The second-order valence-electron chi connectivity index (χ2n) is 6.96. The van der Waals surface area contributed by atoms with Crippen LogP contribution in [0.1, 0.15) is 33.6 Å². The van der Waals surface area contributed by atoms with E-state index in [0.717, 1.165) is 11.3 Å². The van der Waals surface area contributed by atoms with Crippen molar-refractivity contribution >= 4 is 11.9 Å². The SMILES string of the molecule is CN1CC(c2cnc[nH]2)C(C(OC(=O)c2ccccc2)c2ccccc2)C1=O. The summed E-state index contributed by atoms with van der Waals surface area (Å²) in [6.45, 7) is 0.540. The number of rotatable bonds is 5. The third-order valence-corrected chi connectivity index (χ3v) is 5.18. The Morgan fingerprint density at radius 1 is 1.14 bits per heavy atom. The average Bonchev–Trinajstić information content (AvgIpc) is 3.36. The summed E-state index contributed by atoms with van der Waals surface area (Å²) < 4.78 is 5.93. The maximum absolute atomic E-state index is 13.0. The van der Waals surface area contributed by atoms with Gasteiger partial charge < -0.3 is 14.6 Å². The molecule has 0 bridgehead atoms. The van der Waals surface area contributed by atoms with Gasteiger partial charge in [0, 0.05) is 31.4 Å². The normalized spacial score (nSPS) is 20.2. The number of carbonyl (C=O) groups is 2. The van der Waals surface area contributed by atoms with Crippen LogP contribution in [0.25, 0.3) is 0 Å². The Balaban J connectivity index is 1.72. The maximum atomic E-state index is 13.0. The summed E-state index contributed by atoms with van der Waals surface area (Å²) in [4.78, 5) is 34.7. The molecule has 0 saturated carbocycles. The van der Waals surface area contributed by atoms with Crippen molar-refractivity contribution in [1.82, 2.24) is 14.9 Å². The number of imidazole rings is 1. The predicted octanol–water partition coefficient (Wildman–Crippen LogP) is 3.18. The number of hydrogen-bond acceptors (Lipinski definition) is 4. The van der Waals surface area contributed by atoms with E-state index < -0.39 is 18.0 Å². The molecule has 0 spiro atoms. The van der Waals surface area contributed by atoms with Gasteiger partial charge in [0.15, 0.2) is 0 Å². The minimum absolute atomic E-state index is 0.0469. The lowest BCUT2D eigenvalue weighted by molar-refractivity contribution is -0.133. The van der Waals surface area contributed by atoms with Crippen molar-refractivity contribution in [1.29, 1.82) is 0 Å². The first-order chi connectivity index (χ1) is 13.6. The molecular formula is C22H21N3O3. The van der Waals surface area contributed by atoms with E-state index in [1.165, 1.54) is 0 Å². The molecular weight excluding hydrogens is 354 g/mol. The minimum atomic E-state index is -0.695. The van der Waals surface area contributed by atoms with Gasteiger partial charge in [-0.2, -0.15) is 0 Å². The summed E-state index contributed by atoms with van der Waals surface area (Å²) in [7, 11) is 1.77. The van der Waals surface area contributed by atoms with Crippen molar-refractivity contribution in [3.05, 3.63) is 90.0 Å². The van der Waals surface area contributed by atoms with Gasteiger partial charge in [-0.15, -0.1) is 0 Å². The van der Waals surface area contributed by atoms with Crippen LogP contribution in [-0.2, 0) is 9.53 Å². The molecule has 6 heteroatoms. The monoisotopic (exact) mass is 375 g/mol. The summed E-state index contributed by atoms with van der Waals surface area (Å²) in [6, 6.07) is 18.3. The van der Waals surface area contributed by atoms with Crippen molar-refractivity contribution in [2.45, 2.75) is 12.0 Å². The zero-order chi connectivity index (χ0) is 19.5. The number of ether oxygens (including phenoxy) is 1. The first-order valence-electron chi connectivity index (χ1n) is 9.19. The molecule has 1 saturated heterocycles. The van der Waals surface area contributed by atoms with Gasteiger partial charge in [0.1, 0.15) is 6.10 Å². The van der Waals surface area contributed by atoms with Gasteiger partial charge in [-0.3, -0.25) is 4.79 Å². The molecule has 4 rings (SSSR count). The second-order valence-corrected chi connectivity index (χ2v) is 6.96. The van der Waals surface area contributed by atoms with Crippen LogP contribution in [0.15, 0.2) is 73.2 Å². The Bertz CT molecular complexity index is 942. The lowest BCUT2D eigenvalue weighted by atomic mass is 9.84. The zero-order valence-electron chi connectivity index (χ0n) is 15.5. The number of esters is 1. The number of aromatic nitrogens is 2. The number of nitrogens with one attached hydrogen (secondary N) is 1. The van der Waals surface area contributed by atoms with Gasteiger partial charge in [0.05, 0.1) is 17.8 Å². The first-order valence-corrected chi connectivity index (χ1v) is 9.19. The van der Waals surface area contributed by atoms with Crippen LogP contribution in [0, 0.1) is 5.92 Å². The highest BCUT2D eigenvalue weighted by Crippen LogP contribution is 2.42.